The molecule has 1 rings (SSSR count). The Bertz CT molecular complexity index is 409. The summed E-state index contributed by atoms with van der Waals surface area (Å²) in [6, 6.07) is 3.73. The van der Waals surface area contributed by atoms with Gasteiger partial charge in [0.2, 0.25) is 0 Å². The molecule has 1 N–H and O–H groups in total. The normalized spacial score (nSPS) is 13.6. The van der Waals surface area contributed by atoms with Gasteiger partial charge in [0.15, 0.2) is 0 Å². The molecule has 0 aliphatic heterocycles. The monoisotopic (exact) mass is 300 g/mol. The third-order valence-electron chi connectivity index (χ3n) is 2.32. The molecule has 0 aromatic heterocycles. The predicted octanol–water partition coefficient (Wildman–Crippen LogP) is 3.35. The molecule has 108 valence electrons. The summed E-state index contributed by atoms with van der Waals surface area (Å²) in [6.45, 7) is -1.58. The van der Waals surface area contributed by atoms with Crippen LogP contribution in [-0.2, 0) is 11.2 Å². The number of rotatable bonds is 6. The number of halogens is 5. The van der Waals surface area contributed by atoms with E-state index in [0.29, 0.717) is 10.6 Å². The van der Waals surface area contributed by atoms with Crippen LogP contribution in [0.4, 0.5) is 17.6 Å². The molecule has 0 spiro atoms. The van der Waals surface area contributed by atoms with Crippen molar-refractivity contribution >= 4 is 11.6 Å². The van der Waals surface area contributed by atoms with Crippen LogP contribution in [-0.4, -0.2) is 30.6 Å². The fourth-order valence-corrected chi connectivity index (χ4v) is 1.66. The molecule has 2 nitrogen and oxygen atoms in total. The van der Waals surface area contributed by atoms with Gasteiger partial charge in [0.1, 0.15) is 12.4 Å². The van der Waals surface area contributed by atoms with E-state index in [1.807, 2.05) is 0 Å². The molecule has 0 saturated heterocycles. The van der Waals surface area contributed by atoms with Crippen LogP contribution in [0.15, 0.2) is 18.2 Å². The van der Waals surface area contributed by atoms with Crippen molar-refractivity contribution in [1.82, 2.24) is 0 Å². The number of alkyl halides is 3. The summed E-state index contributed by atoms with van der Waals surface area (Å²) in [5.41, 5.74) is 0.407. The molecule has 0 aliphatic carbocycles. The molecule has 0 fully saturated rings. The number of ether oxygens (including phenoxy) is 1. The fraction of sp³-hybridized carbons (Fsp3) is 0.500. The molecule has 1 aromatic carbocycles. The highest BCUT2D eigenvalue weighted by atomic mass is 35.5. The van der Waals surface area contributed by atoms with E-state index < -0.39 is 24.7 Å². The third-order valence-corrected chi connectivity index (χ3v) is 2.69. The smallest absolute Gasteiger partial charge is 0.393 e. The Hall–Kier alpha value is -0.850. The minimum Gasteiger partial charge on any atom is -0.393 e. The Balaban J connectivity index is 2.35. The van der Waals surface area contributed by atoms with Crippen LogP contribution in [0.3, 0.4) is 0 Å². The van der Waals surface area contributed by atoms with E-state index >= 15 is 0 Å². The predicted molar refractivity (Wildman–Crippen MR) is 62.6 cm³/mol. The summed E-state index contributed by atoms with van der Waals surface area (Å²) in [5, 5.41) is 9.91. The second-order valence-electron chi connectivity index (χ2n) is 4.05. The highest BCUT2D eigenvalue weighted by Crippen LogP contribution is 2.19. The van der Waals surface area contributed by atoms with Crippen molar-refractivity contribution in [3.8, 4) is 0 Å². The lowest BCUT2D eigenvalue weighted by Gasteiger charge is -2.13. The molecular formula is C12H13ClF4O2. The summed E-state index contributed by atoms with van der Waals surface area (Å²) in [7, 11) is 0. The largest absolute Gasteiger partial charge is 0.411 e. The topological polar surface area (TPSA) is 29.5 Å². The standard InChI is InChI=1S/C12H13ClF4O2/c13-11-2-1-9(14)5-8(11)6-10(18)3-4-19-7-12(15,16)17/h1-2,5,10,18H,3-4,6-7H2. The van der Waals surface area contributed by atoms with Crippen molar-refractivity contribution in [3.05, 3.63) is 34.6 Å². The lowest BCUT2D eigenvalue weighted by atomic mass is 10.1. The van der Waals surface area contributed by atoms with E-state index in [-0.39, 0.29) is 19.4 Å². The molecule has 0 heterocycles. The Morgan fingerprint density at radius 1 is 1.32 bits per heavy atom. The summed E-state index contributed by atoms with van der Waals surface area (Å²) in [4.78, 5) is 0. The van der Waals surface area contributed by atoms with Crippen molar-refractivity contribution in [2.45, 2.75) is 25.1 Å². The molecule has 19 heavy (non-hydrogen) atoms. The van der Waals surface area contributed by atoms with Gasteiger partial charge in [-0.3, -0.25) is 0 Å². The van der Waals surface area contributed by atoms with Crippen LogP contribution >= 0.6 is 11.6 Å². The number of benzene rings is 1. The molecular weight excluding hydrogens is 288 g/mol. The molecule has 0 saturated carbocycles. The second-order valence-corrected chi connectivity index (χ2v) is 4.46. The lowest BCUT2D eigenvalue weighted by molar-refractivity contribution is -0.175. The van der Waals surface area contributed by atoms with Gasteiger partial charge in [0.05, 0.1) is 6.10 Å². The molecule has 1 aromatic rings. The molecule has 1 atom stereocenters. The summed E-state index contributed by atoms with van der Waals surface area (Å²) in [5.74, 6) is -0.486. The average molecular weight is 301 g/mol. The first-order valence-corrected chi connectivity index (χ1v) is 5.92. The SMILES string of the molecule is OC(CCOCC(F)(F)F)Cc1cc(F)ccc1Cl. The van der Waals surface area contributed by atoms with Gasteiger partial charge in [0.25, 0.3) is 0 Å². The number of hydrogen-bond acceptors (Lipinski definition) is 2. The highest BCUT2D eigenvalue weighted by molar-refractivity contribution is 6.31. The van der Waals surface area contributed by atoms with Crippen LogP contribution < -0.4 is 0 Å². The van der Waals surface area contributed by atoms with Crippen molar-refractivity contribution in [2.24, 2.45) is 0 Å². The fourth-order valence-electron chi connectivity index (χ4n) is 1.46. The molecule has 0 aliphatic rings. The maximum absolute atomic E-state index is 12.9. The zero-order chi connectivity index (χ0) is 14.5. The Kier molecular flexibility index (Phi) is 6.03. The van der Waals surface area contributed by atoms with Crippen molar-refractivity contribution < 1.29 is 27.4 Å². The van der Waals surface area contributed by atoms with Crippen molar-refractivity contribution in [3.63, 3.8) is 0 Å². The minimum atomic E-state index is -4.38. The lowest BCUT2D eigenvalue weighted by Crippen LogP contribution is -2.20. The second kappa shape index (κ2) is 7.07. The average Bonchev–Trinajstić information content (AvgIpc) is 2.28. The Morgan fingerprint density at radius 3 is 2.63 bits per heavy atom. The third kappa shape index (κ3) is 6.75. The van der Waals surface area contributed by atoms with Gasteiger partial charge in [-0.1, -0.05) is 11.6 Å². The van der Waals surface area contributed by atoms with Gasteiger partial charge >= 0.3 is 6.18 Å². The first-order chi connectivity index (χ1) is 8.78. The van der Waals surface area contributed by atoms with Crippen LogP contribution in [0, 0.1) is 5.82 Å². The first-order valence-electron chi connectivity index (χ1n) is 5.54. The van der Waals surface area contributed by atoms with Crippen LogP contribution in [0.25, 0.3) is 0 Å². The zero-order valence-corrected chi connectivity index (χ0v) is 10.6. The minimum absolute atomic E-state index is 0.0168. The quantitative estimate of drug-likeness (QED) is 0.645. The van der Waals surface area contributed by atoms with Crippen LogP contribution in [0.1, 0.15) is 12.0 Å². The van der Waals surface area contributed by atoms with Crippen LogP contribution in [0.2, 0.25) is 5.02 Å². The van der Waals surface area contributed by atoms with Crippen LogP contribution in [0.5, 0.6) is 0 Å². The maximum atomic E-state index is 12.9. The van der Waals surface area contributed by atoms with Crippen molar-refractivity contribution in [1.29, 1.82) is 0 Å². The Morgan fingerprint density at radius 2 is 2.00 bits per heavy atom. The molecule has 1 unspecified atom stereocenters. The van der Waals surface area contributed by atoms with Gasteiger partial charge in [-0.2, -0.15) is 13.2 Å². The van der Waals surface area contributed by atoms with E-state index in [1.165, 1.54) is 18.2 Å². The number of aliphatic hydroxyl groups is 1. The molecule has 7 heteroatoms. The molecule has 0 amide bonds. The first kappa shape index (κ1) is 16.2. The van der Waals surface area contributed by atoms with Crippen molar-refractivity contribution in [2.75, 3.05) is 13.2 Å². The van der Waals surface area contributed by atoms with E-state index in [4.69, 9.17) is 11.6 Å². The van der Waals surface area contributed by atoms with Gasteiger partial charge in [-0.25, -0.2) is 4.39 Å². The molecule has 0 radical (unpaired) electrons. The van der Waals surface area contributed by atoms with Gasteiger partial charge < -0.3 is 9.84 Å². The molecule has 0 bridgehead atoms. The van der Waals surface area contributed by atoms with E-state index in [1.54, 1.807) is 0 Å². The maximum Gasteiger partial charge on any atom is 0.411 e. The van der Waals surface area contributed by atoms with E-state index in [0.717, 1.165) is 0 Å². The van der Waals surface area contributed by atoms with Gasteiger partial charge in [-0.05, 0) is 30.2 Å². The summed E-state index contributed by atoms with van der Waals surface area (Å²) in [6.07, 6.45) is -5.24. The number of aliphatic hydroxyl groups excluding tert-OH is 1. The van der Waals surface area contributed by atoms with Gasteiger partial charge in [-0.15, -0.1) is 0 Å². The van der Waals surface area contributed by atoms with Gasteiger partial charge in [0, 0.05) is 18.1 Å². The summed E-state index contributed by atoms with van der Waals surface area (Å²) < 4.78 is 52.6. The van der Waals surface area contributed by atoms with E-state index in [9.17, 15) is 22.7 Å². The Labute approximate surface area is 112 Å². The van der Waals surface area contributed by atoms with E-state index in [2.05, 4.69) is 4.74 Å². The summed E-state index contributed by atoms with van der Waals surface area (Å²) >= 11 is 5.80. The highest BCUT2D eigenvalue weighted by Gasteiger charge is 2.27. The number of hydrogen-bond donors (Lipinski definition) is 1. The zero-order valence-electron chi connectivity index (χ0n) is 9.88.